The number of amidine groups is 1. The number of aromatic amines is 1. The van der Waals surface area contributed by atoms with Crippen LogP contribution in [0.3, 0.4) is 0 Å². The molecule has 5 nitrogen and oxygen atoms in total. The van der Waals surface area contributed by atoms with Gasteiger partial charge in [-0.15, -0.1) is 5.11 Å². The molecule has 1 aromatic carbocycles. The molecule has 1 aliphatic heterocycles. The monoisotopic (exact) mass is 213 g/mol. The number of hydrogen-bond acceptors (Lipinski definition) is 4. The van der Waals surface area contributed by atoms with Gasteiger partial charge in [-0.3, -0.25) is 5.10 Å². The first kappa shape index (κ1) is 9.21. The minimum absolute atomic E-state index is 0.496. The van der Waals surface area contributed by atoms with Crippen LogP contribution in [-0.2, 0) is 6.42 Å². The van der Waals surface area contributed by atoms with E-state index in [0.717, 1.165) is 29.6 Å². The third-order valence-electron chi connectivity index (χ3n) is 2.64. The van der Waals surface area contributed by atoms with Gasteiger partial charge >= 0.3 is 0 Å². The summed E-state index contributed by atoms with van der Waals surface area (Å²) in [5, 5.41) is 15.9. The fourth-order valence-corrected chi connectivity index (χ4v) is 1.79. The predicted molar refractivity (Wildman–Crippen MR) is 61.6 cm³/mol. The molecule has 5 heteroatoms. The molecule has 2 aromatic rings. The molecular weight excluding hydrogens is 202 g/mol. The van der Waals surface area contributed by atoms with E-state index in [1.807, 2.05) is 6.20 Å². The summed E-state index contributed by atoms with van der Waals surface area (Å²) >= 11 is 0. The van der Waals surface area contributed by atoms with Gasteiger partial charge in [0.25, 0.3) is 0 Å². The van der Waals surface area contributed by atoms with Gasteiger partial charge < -0.3 is 0 Å². The smallest absolute Gasteiger partial charge is 0.152 e. The number of azo groups is 1. The Morgan fingerprint density at radius 3 is 3.12 bits per heavy atom. The number of fused-ring (bicyclic) bond motifs is 1. The molecule has 1 aliphatic rings. The van der Waals surface area contributed by atoms with Gasteiger partial charge in [0.2, 0.25) is 0 Å². The van der Waals surface area contributed by atoms with Gasteiger partial charge in [0.15, 0.2) is 6.67 Å². The van der Waals surface area contributed by atoms with Crippen molar-refractivity contribution in [1.29, 1.82) is 0 Å². The highest BCUT2D eigenvalue weighted by atomic mass is 15.2. The molecule has 0 saturated carbocycles. The molecule has 0 bridgehead atoms. The second kappa shape index (κ2) is 3.84. The lowest BCUT2D eigenvalue weighted by Gasteiger charge is -1.99. The standard InChI is InChI=1S/C11H11N5/c1-3-10-9(6-13-15-10)5-8(1)2-4-11-12-7-14-16-11/h1,3,5-6H,2,4,7H2,(H,13,15). The van der Waals surface area contributed by atoms with Gasteiger partial charge in [0.1, 0.15) is 5.84 Å². The number of rotatable bonds is 3. The average molecular weight is 213 g/mol. The van der Waals surface area contributed by atoms with Crippen LogP contribution in [0, 0.1) is 0 Å². The Morgan fingerprint density at radius 1 is 1.25 bits per heavy atom. The molecule has 0 amide bonds. The first-order valence-electron chi connectivity index (χ1n) is 5.25. The molecule has 0 atom stereocenters. The summed E-state index contributed by atoms with van der Waals surface area (Å²) in [5.41, 5.74) is 2.35. The Labute approximate surface area is 92.3 Å². The Morgan fingerprint density at radius 2 is 2.25 bits per heavy atom. The summed E-state index contributed by atoms with van der Waals surface area (Å²) in [5.74, 6) is 0.854. The van der Waals surface area contributed by atoms with Crippen LogP contribution in [0.4, 0.5) is 0 Å². The molecule has 2 heterocycles. The van der Waals surface area contributed by atoms with E-state index in [4.69, 9.17) is 0 Å². The second-order valence-corrected chi connectivity index (χ2v) is 3.75. The topological polar surface area (TPSA) is 65.8 Å². The minimum atomic E-state index is 0.496. The van der Waals surface area contributed by atoms with Crippen molar-refractivity contribution in [2.45, 2.75) is 12.8 Å². The van der Waals surface area contributed by atoms with Crippen LogP contribution in [0.15, 0.2) is 39.6 Å². The van der Waals surface area contributed by atoms with Crippen molar-refractivity contribution >= 4 is 16.7 Å². The predicted octanol–water partition coefficient (Wildman–Crippen LogP) is 2.32. The van der Waals surface area contributed by atoms with Crippen LogP contribution in [0.1, 0.15) is 12.0 Å². The highest BCUT2D eigenvalue weighted by Gasteiger charge is 2.04. The van der Waals surface area contributed by atoms with E-state index in [0.29, 0.717) is 6.67 Å². The number of nitrogens with one attached hydrogen (secondary N) is 1. The number of H-pyrrole nitrogens is 1. The largest absolute Gasteiger partial charge is 0.278 e. The molecule has 1 N–H and O–H groups in total. The fraction of sp³-hybridized carbons (Fsp3) is 0.273. The molecule has 0 spiro atoms. The third kappa shape index (κ3) is 1.71. The van der Waals surface area contributed by atoms with Crippen molar-refractivity contribution in [2.75, 3.05) is 6.67 Å². The van der Waals surface area contributed by atoms with Crippen LogP contribution in [-0.4, -0.2) is 22.7 Å². The van der Waals surface area contributed by atoms with E-state index in [9.17, 15) is 0 Å². The minimum Gasteiger partial charge on any atom is -0.278 e. The average Bonchev–Trinajstić information content (AvgIpc) is 2.97. The lowest BCUT2D eigenvalue weighted by molar-refractivity contribution is 1.03. The van der Waals surface area contributed by atoms with Crippen molar-refractivity contribution < 1.29 is 0 Å². The summed E-state index contributed by atoms with van der Waals surface area (Å²) in [6, 6.07) is 6.30. The third-order valence-corrected chi connectivity index (χ3v) is 2.64. The van der Waals surface area contributed by atoms with Gasteiger partial charge in [-0.1, -0.05) is 6.07 Å². The summed E-state index contributed by atoms with van der Waals surface area (Å²) in [6.07, 6.45) is 3.64. The zero-order valence-electron chi connectivity index (χ0n) is 8.72. The first-order valence-corrected chi connectivity index (χ1v) is 5.25. The number of benzene rings is 1. The molecule has 0 unspecified atom stereocenters. The number of aromatic nitrogens is 2. The molecule has 16 heavy (non-hydrogen) atoms. The zero-order valence-corrected chi connectivity index (χ0v) is 8.72. The Kier molecular flexibility index (Phi) is 2.21. The van der Waals surface area contributed by atoms with Gasteiger partial charge in [-0.2, -0.15) is 10.2 Å². The van der Waals surface area contributed by atoms with Crippen LogP contribution >= 0.6 is 0 Å². The molecule has 0 aliphatic carbocycles. The quantitative estimate of drug-likeness (QED) is 0.835. The van der Waals surface area contributed by atoms with Gasteiger partial charge in [-0.25, -0.2) is 4.99 Å². The summed E-state index contributed by atoms with van der Waals surface area (Å²) in [7, 11) is 0. The lowest BCUT2D eigenvalue weighted by Crippen LogP contribution is -1.94. The molecule has 1 aromatic heterocycles. The maximum atomic E-state index is 4.17. The highest BCUT2D eigenvalue weighted by Crippen LogP contribution is 2.15. The van der Waals surface area contributed by atoms with Gasteiger partial charge in [0.05, 0.1) is 11.7 Å². The van der Waals surface area contributed by atoms with Crippen molar-refractivity contribution in [2.24, 2.45) is 15.2 Å². The van der Waals surface area contributed by atoms with E-state index in [-0.39, 0.29) is 0 Å². The normalized spacial score (nSPS) is 14.6. The maximum Gasteiger partial charge on any atom is 0.152 e. The number of hydrogen-bond donors (Lipinski definition) is 1. The Balaban J connectivity index is 1.76. The van der Waals surface area contributed by atoms with Crippen LogP contribution in [0.5, 0.6) is 0 Å². The van der Waals surface area contributed by atoms with Crippen LogP contribution in [0.25, 0.3) is 10.9 Å². The number of aryl methyl sites for hydroxylation is 1. The molecule has 80 valence electrons. The van der Waals surface area contributed by atoms with E-state index < -0.39 is 0 Å². The highest BCUT2D eigenvalue weighted by molar-refractivity contribution is 5.84. The van der Waals surface area contributed by atoms with Crippen molar-refractivity contribution in [1.82, 2.24) is 10.2 Å². The maximum absolute atomic E-state index is 4.17. The molecular formula is C11H11N5. The number of nitrogens with zero attached hydrogens (tertiary/aromatic N) is 4. The fourth-order valence-electron chi connectivity index (χ4n) is 1.79. The summed E-state index contributed by atoms with van der Waals surface area (Å²) in [4.78, 5) is 4.17. The molecule has 0 radical (unpaired) electrons. The Bertz CT molecular complexity index is 567. The van der Waals surface area contributed by atoms with Crippen LogP contribution < -0.4 is 0 Å². The van der Waals surface area contributed by atoms with E-state index in [1.54, 1.807) is 0 Å². The summed E-state index contributed by atoms with van der Waals surface area (Å²) in [6.45, 7) is 0.496. The van der Waals surface area contributed by atoms with E-state index in [1.165, 1.54) is 5.56 Å². The zero-order chi connectivity index (χ0) is 10.8. The lowest BCUT2D eigenvalue weighted by atomic mass is 10.1. The number of aliphatic imine (C=N–C) groups is 1. The van der Waals surface area contributed by atoms with E-state index in [2.05, 4.69) is 43.6 Å². The van der Waals surface area contributed by atoms with E-state index >= 15 is 0 Å². The first-order chi connectivity index (χ1) is 7.92. The molecule has 0 saturated heterocycles. The molecule has 0 fully saturated rings. The SMILES string of the molecule is c1cc2[nH]ncc2cc1CCC1=NCN=N1. The van der Waals surface area contributed by atoms with Gasteiger partial charge in [0, 0.05) is 11.8 Å². The second-order valence-electron chi connectivity index (χ2n) is 3.75. The van der Waals surface area contributed by atoms with Crippen LogP contribution in [0.2, 0.25) is 0 Å². The van der Waals surface area contributed by atoms with Crippen molar-refractivity contribution in [3.63, 3.8) is 0 Å². The van der Waals surface area contributed by atoms with Gasteiger partial charge in [-0.05, 0) is 24.1 Å². The van der Waals surface area contributed by atoms with Crippen molar-refractivity contribution in [3.05, 3.63) is 30.0 Å². The van der Waals surface area contributed by atoms with Crippen molar-refractivity contribution in [3.8, 4) is 0 Å². The summed E-state index contributed by atoms with van der Waals surface area (Å²) < 4.78 is 0. The molecule has 3 rings (SSSR count). The Hall–Kier alpha value is -2.04.